The van der Waals surface area contributed by atoms with E-state index in [1.54, 1.807) is 4.90 Å². The van der Waals surface area contributed by atoms with E-state index in [1.807, 2.05) is 30.3 Å². The Bertz CT molecular complexity index is 315. The molecular weight excluding hydrogens is 200 g/mol. The first-order valence-corrected chi connectivity index (χ1v) is 4.41. The third-order valence-electron chi connectivity index (χ3n) is 2.31. The van der Waals surface area contributed by atoms with Crippen LogP contribution in [0.3, 0.4) is 0 Å². The maximum absolute atomic E-state index is 11.5. The van der Waals surface area contributed by atoms with Crippen LogP contribution in [-0.2, 0) is 4.79 Å². The number of halogens is 1. The van der Waals surface area contributed by atoms with Gasteiger partial charge in [0.05, 0.1) is 6.04 Å². The Morgan fingerprint density at radius 1 is 1.29 bits per heavy atom. The first-order valence-electron chi connectivity index (χ1n) is 4.41. The molecule has 1 amide bonds. The Morgan fingerprint density at radius 2 is 1.93 bits per heavy atom. The van der Waals surface area contributed by atoms with Crippen LogP contribution in [0.5, 0.6) is 0 Å². The summed E-state index contributed by atoms with van der Waals surface area (Å²) >= 11 is 0. The molecule has 1 aromatic carbocycles. The standard InChI is InChI=1S/C10H12N2O.ClH/c11-9-6-7-12(10(9)13)8-4-2-1-3-5-8;/h1-5,9H,6-7,11H2;1H/t9-;/m1./s1. The average Bonchev–Trinajstić information content (AvgIpc) is 2.49. The summed E-state index contributed by atoms with van der Waals surface area (Å²) in [6.45, 7) is 0.740. The van der Waals surface area contributed by atoms with Gasteiger partial charge >= 0.3 is 0 Å². The summed E-state index contributed by atoms with van der Waals surface area (Å²) in [7, 11) is 0. The largest absolute Gasteiger partial charge is 0.320 e. The molecule has 1 aliphatic rings. The number of benzene rings is 1. The van der Waals surface area contributed by atoms with Gasteiger partial charge in [-0.2, -0.15) is 0 Å². The molecule has 2 rings (SSSR count). The van der Waals surface area contributed by atoms with E-state index in [1.165, 1.54) is 0 Å². The summed E-state index contributed by atoms with van der Waals surface area (Å²) in [5.74, 6) is 0.0335. The molecule has 14 heavy (non-hydrogen) atoms. The van der Waals surface area contributed by atoms with Crippen LogP contribution in [0.1, 0.15) is 6.42 Å². The van der Waals surface area contributed by atoms with E-state index in [-0.39, 0.29) is 24.4 Å². The number of hydrogen-bond donors (Lipinski definition) is 1. The molecule has 4 heteroatoms. The zero-order chi connectivity index (χ0) is 9.26. The summed E-state index contributed by atoms with van der Waals surface area (Å²) < 4.78 is 0. The second-order valence-electron chi connectivity index (χ2n) is 3.22. The molecule has 0 radical (unpaired) electrons. The van der Waals surface area contributed by atoms with Crippen molar-refractivity contribution in [3.05, 3.63) is 30.3 Å². The van der Waals surface area contributed by atoms with Crippen molar-refractivity contribution in [3.8, 4) is 0 Å². The number of nitrogens with zero attached hydrogens (tertiary/aromatic N) is 1. The normalized spacial score (nSPS) is 20.8. The lowest BCUT2D eigenvalue weighted by Crippen LogP contribution is -2.33. The lowest BCUT2D eigenvalue weighted by atomic mass is 10.3. The SMILES string of the molecule is Cl.N[C@@H]1CCN(c2ccccc2)C1=O. The van der Waals surface area contributed by atoms with E-state index in [4.69, 9.17) is 5.73 Å². The quantitative estimate of drug-likeness (QED) is 0.760. The van der Waals surface area contributed by atoms with Crippen LogP contribution in [0, 0.1) is 0 Å². The maximum Gasteiger partial charge on any atom is 0.243 e. The number of rotatable bonds is 1. The molecule has 1 aromatic rings. The van der Waals surface area contributed by atoms with Crippen molar-refractivity contribution in [3.63, 3.8) is 0 Å². The Kier molecular flexibility index (Phi) is 3.49. The van der Waals surface area contributed by atoms with Gasteiger partial charge in [0.25, 0.3) is 0 Å². The molecule has 1 saturated heterocycles. The molecule has 0 unspecified atom stereocenters. The molecule has 2 N–H and O–H groups in total. The van der Waals surface area contributed by atoms with E-state index in [9.17, 15) is 4.79 Å². The number of hydrogen-bond acceptors (Lipinski definition) is 2. The maximum atomic E-state index is 11.5. The van der Waals surface area contributed by atoms with Crippen molar-refractivity contribution in [1.29, 1.82) is 0 Å². The molecule has 1 atom stereocenters. The highest BCUT2D eigenvalue weighted by Crippen LogP contribution is 2.19. The summed E-state index contributed by atoms with van der Waals surface area (Å²) in [5, 5.41) is 0. The van der Waals surface area contributed by atoms with Gasteiger partial charge in [0.2, 0.25) is 5.91 Å². The van der Waals surface area contributed by atoms with Crippen molar-refractivity contribution < 1.29 is 4.79 Å². The van der Waals surface area contributed by atoms with Crippen LogP contribution >= 0.6 is 12.4 Å². The van der Waals surface area contributed by atoms with E-state index < -0.39 is 0 Å². The Morgan fingerprint density at radius 3 is 2.43 bits per heavy atom. The van der Waals surface area contributed by atoms with Gasteiger partial charge in [0, 0.05) is 12.2 Å². The second kappa shape index (κ2) is 4.44. The van der Waals surface area contributed by atoms with E-state index >= 15 is 0 Å². The molecular formula is C10H13ClN2O. The molecule has 1 aliphatic heterocycles. The van der Waals surface area contributed by atoms with Crippen LogP contribution in [0.4, 0.5) is 5.69 Å². The summed E-state index contributed by atoms with van der Waals surface area (Å²) in [4.78, 5) is 13.2. The van der Waals surface area contributed by atoms with Gasteiger partial charge in [-0.15, -0.1) is 12.4 Å². The van der Waals surface area contributed by atoms with Crippen molar-refractivity contribution in [2.24, 2.45) is 5.73 Å². The monoisotopic (exact) mass is 212 g/mol. The predicted octanol–water partition coefficient (Wildman–Crippen LogP) is 1.17. The van der Waals surface area contributed by atoms with Gasteiger partial charge in [0.15, 0.2) is 0 Å². The first kappa shape index (κ1) is 11.0. The topological polar surface area (TPSA) is 46.3 Å². The van der Waals surface area contributed by atoms with Crippen molar-refractivity contribution in [2.45, 2.75) is 12.5 Å². The van der Waals surface area contributed by atoms with Crippen molar-refractivity contribution >= 4 is 24.0 Å². The lowest BCUT2D eigenvalue weighted by molar-refractivity contribution is -0.118. The summed E-state index contributed by atoms with van der Waals surface area (Å²) in [6, 6.07) is 9.33. The molecule has 0 aromatic heterocycles. The second-order valence-corrected chi connectivity index (χ2v) is 3.22. The van der Waals surface area contributed by atoms with Crippen molar-refractivity contribution in [2.75, 3.05) is 11.4 Å². The summed E-state index contributed by atoms with van der Waals surface area (Å²) in [6.07, 6.45) is 0.758. The molecule has 3 nitrogen and oxygen atoms in total. The summed E-state index contributed by atoms with van der Waals surface area (Å²) in [5.41, 5.74) is 6.56. The van der Waals surface area contributed by atoms with Gasteiger partial charge in [-0.1, -0.05) is 18.2 Å². The minimum Gasteiger partial charge on any atom is -0.320 e. The van der Waals surface area contributed by atoms with Crippen molar-refractivity contribution in [1.82, 2.24) is 0 Å². The van der Waals surface area contributed by atoms with E-state index in [0.29, 0.717) is 0 Å². The number of amides is 1. The number of carbonyl (C=O) groups is 1. The molecule has 1 heterocycles. The molecule has 0 spiro atoms. The minimum atomic E-state index is -0.305. The highest BCUT2D eigenvalue weighted by molar-refractivity contribution is 5.99. The molecule has 0 bridgehead atoms. The zero-order valence-electron chi connectivity index (χ0n) is 7.72. The fourth-order valence-electron chi connectivity index (χ4n) is 1.57. The minimum absolute atomic E-state index is 0. The third-order valence-corrected chi connectivity index (χ3v) is 2.31. The van der Waals surface area contributed by atoms with Gasteiger partial charge < -0.3 is 10.6 Å². The molecule has 0 aliphatic carbocycles. The van der Waals surface area contributed by atoms with Crippen LogP contribution in [0.2, 0.25) is 0 Å². The zero-order valence-corrected chi connectivity index (χ0v) is 8.54. The van der Waals surface area contributed by atoms with Crippen LogP contribution in [0.25, 0.3) is 0 Å². The van der Waals surface area contributed by atoms with Gasteiger partial charge in [0.1, 0.15) is 0 Å². The van der Waals surface area contributed by atoms with Crippen LogP contribution < -0.4 is 10.6 Å². The number of anilines is 1. The van der Waals surface area contributed by atoms with Gasteiger partial charge in [-0.3, -0.25) is 4.79 Å². The third kappa shape index (κ3) is 1.89. The fraction of sp³-hybridized carbons (Fsp3) is 0.300. The highest BCUT2D eigenvalue weighted by Gasteiger charge is 2.29. The van der Waals surface area contributed by atoms with E-state index in [0.717, 1.165) is 18.7 Å². The number of carbonyl (C=O) groups excluding carboxylic acids is 1. The molecule has 1 fully saturated rings. The van der Waals surface area contributed by atoms with Gasteiger partial charge in [-0.05, 0) is 18.6 Å². The fourth-order valence-corrected chi connectivity index (χ4v) is 1.57. The smallest absolute Gasteiger partial charge is 0.243 e. The first-order chi connectivity index (χ1) is 6.29. The molecule has 76 valence electrons. The highest BCUT2D eigenvalue weighted by atomic mass is 35.5. The van der Waals surface area contributed by atoms with Crippen LogP contribution in [0.15, 0.2) is 30.3 Å². The van der Waals surface area contributed by atoms with E-state index in [2.05, 4.69) is 0 Å². The number of nitrogens with two attached hydrogens (primary N) is 1. The predicted molar refractivity (Wildman–Crippen MR) is 58.6 cm³/mol. The Labute approximate surface area is 89.3 Å². The average molecular weight is 213 g/mol. The molecule has 0 saturated carbocycles. The lowest BCUT2D eigenvalue weighted by Gasteiger charge is -2.15. The van der Waals surface area contributed by atoms with Crippen LogP contribution in [-0.4, -0.2) is 18.5 Å². The number of para-hydroxylation sites is 1. The Hall–Kier alpha value is -1.06. The van der Waals surface area contributed by atoms with Gasteiger partial charge in [-0.25, -0.2) is 0 Å². The Balaban J connectivity index is 0.000000980.